The molecule has 0 fully saturated rings. The first-order valence-electron chi connectivity index (χ1n) is 6.15. The topological polar surface area (TPSA) is 84.9 Å². The van der Waals surface area contributed by atoms with Crippen molar-refractivity contribution in [2.45, 2.75) is 13.5 Å². The molecule has 0 saturated carbocycles. The molecule has 19 heavy (non-hydrogen) atoms. The zero-order chi connectivity index (χ0) is 13.8. The maximum atomic E-state index is 5.72. The van der Waals surface area contributed by atoms with Crippen LogP contribution >= 0.6 is 0 Å². The van der Waals surface area contributed by atoms with E-state index in [1.54, 1.807) is 4.68 Å². The van der Waals surface area contributed by atoms with Crippen molar-refractivity contribution in [1.82, 2.24) is 19.7 Å². The third-order valence-electron chi connectivity index (χ3n) is 2.66. The van der Waals surface area contributed by atoms with Crippen LogP contribution in [0.5, 0.6) is 0 Å². The average molecular weight is 261 g/mol. The first-order valence-corrected chi connectivity index (χ1v) is 6.15. The van der Waals surface area contributed by atoms with Crippen LogP contribution in [0.3, 0.4) is 0 Å². The number of hydrogen-bond donors (Lipinski definition) is 2. The third kappa shape index (κ3) is 3.34. The van der Waals surface area contributed by atoms with E-state index in [2.05, 4.69) is 20.4 Å². The van der Waals surface area contributed by atoms with Gasteiger partial charge in [0.05, 0.1) is 6.20 Å². The van der Waals surface area contributed by atoms with E-state index < -0.39 is 0 Å². The van der Waals surface area contributed by atoms with Gasteiger partial charge in [-0.05, 0) is 6.92 Å². The minimum absolute atomic E-state index is 0.270. The number of nitrogens with zero attached hydrogens (tertiary/aromatic N) is 5. The SMILES string of the molecule is CCNc1cc(N(C)Cc2cnn(C)c2)nc(N)n1. The number of aryl methyl sites for hydroxylation is 1. The van der Waals surface area contributed by atoms with Crippen molar-refractivity contribution in [3.05, 3.63) is 24.0 Å². The van der Waals surface area contributed by atoms with E-state index in [4.69, 9.17) is 5.73 Å². The zero-order valence-corrected chi connectivity index (χ0v) is 11.5. The molecule has 0 atom stereocenters. The van der Waals surface area contributed by atoms with Gasteiger partial charge in [-0.15, -0.1) is 0 Å². The molecule has 0 saturated heterocycles. The second kappa shape index (κ2) is 5.55. The van der Waals surface area contributed by atoms with Gasteiger partial charge < -0.3 is 16.0 Å². The van der Waals surface area contributed by atoms with Crippen molar-refractivity contribution in [1.29, 1.82) is 0 Å². The van der Waals surface area contributed by atoms with Crippen LogP contribution < -0.4 is 16.0 Å². The zero-order valence-electron chi connectivity index (χ0n) is 11.5. The van der Waals surface area contributed by atoms with Crippen LogP contribution in [-0.2, 0) is 13.6 Å². The van der Waals surface area contributed by atoms with Crippen molar-refractivity contribution >= 4 is 17.6 Å². The van der Waals surface area contributed by atoms with Gasteiger partial charge in [0, 0.05) is 45.0 Å². The molecule has 2 aromatic rings. The molecule has 7 nitrogen and oxygen atoms in total. The lowest BCUT2D eigenvalue weighted by Gasteiger charge is -2.18. The Morgan fingerprint density at radius 3 is 2.84 bits per heavy atom. The molecule has 0 aliphatic rings. The lowest BCUT2D eigenvalue weighted by Crippen LogP contribution is -2.19. The van der Waals surface area contributed by atoms with Gasteiger partial charge in [0.25, 0.3) is 0 Å². The molecule has 2 aromatic heterocycles. The first kappa shape index (κ1) is 13.1. The fourth-order valence-electron chi connectivity index (χ4n) is 1.83. The fraction of sp³-hybridized carbons (Fsp3) is 0.417. The molecule has 0 spiro atoms. The highest BCUT2D eigenvalue weighted by atomic mass is 15.3. The largest absolute Gasteiger partial charge is 0.370 e. The number of hydrogen-bond acceptors (Lipinski definition) is 6. The van der Waals surface area contributed by atoms with Crippen LogP contribution in [0.15, 0.2) is 18.5 Å². The Morgan fingerprint density at radius 2 is 2.21 bits per heavy atom. The molecule has 2 rings (SSSR count). The van der Waals surface area contributed by atoms with Gasteiger partial charge in [-0.1, -0.05) is 0 Å². The summed E-state index contributed by atoms with van der Waals surface area (Å²) in [5.41, 5.74) is 6.84. The van der Waals surface area contributed by atoms with Crippen LogP contribution in [0, 0.1) is 0 Å². The molecule has 7 heteroatoms. The molecular formula is C12H19N7. The van der Waals surface area contributed by atoms with E-state index in [0.29, 0.717) is 0 Å². The molecule has 2 heterocycles. The predicted molar refractivity (Wildman–Crippen MR) is 75.9 cm³/mol. The Balaban J connectivity index is 2.15. The molecule has 0 unspecified atom stereocenters. The number of aromatic nitrogens is 4. The van der Waals surface area contributed by atoms with Crippen molar-refractivity contribution in [2.75, 3.05) is 29.5 Å². The third-order valence-corrected chi connectivity index (χ3v) is 2.66. The smallest absolute Gasteiger partial charge is 0.223 e. The van der Waals surface area contributed by atoms with Crippen molar-refractivity contribution < 1.29 is 0 Å². The summed E-state index contributed by atoms with van der Waals surface area (Å²) in [6.45, 7) is 3.52. The molecular weight excluding hydrogens is 242 g/mol. The van der Waals surface area contributed by atoms with Crippen LogP contribution in [-0.4, -0.2) is 33.3 Å². The summed E-state index contributed by atoms with van der Waals surface area (Å²) < 4.78 is 1.78. The minimum atomic E-state index is 0.270. The molecule has 0 bridgehead atoms. The summed E-state index contributed by atoms with van der Waals surface area (Å²) >= 11 is 0. The van der Waals surface area contributed by atoms with E-state index in [1.807, 2.05) is 44.4 Å². The molecule has 0 amide bonds. The summed E-state index contributed by atoms with van der Waals surface area (Å²) in [6.07, 6.45) is 3.82. The normalized spacial score (nSPS) is 10.5. The van der Waals surface area contributed by atoms with Crippen molar-refractivity contribution in [3.63, 3.8) is 0 Å². The quantitative estimate of drug-likeness (QED) is 0.830. The lowest BCUT2D eigenvalue weighted by atomic mass is 10.3. The summed E-state index contributed by atoms with van der Waals surface area (Å²) in [5.74, 6) is 1.79. The summed E-state index contributed by atoms with van der Waals surface area (Å²) in [7, 11) is 3.86. The van der Waals surface area contributed by atoms with E-state index in [9.17, 15) is 0 Å². The van der Waals surface area contributed by atoms with Crippen molar-refractivity contribution in [2.24, 2.45) is 7.05 Å². The minimum Gasteiger partial charge on any atom is -0.370 e. The van der Waals surface area contributed by atoms with E-state index >= 15 is 0 Å². The number of nitrogen functional groups attached to an aromatic ring is 1. The van der Waals surface area contributed by atoms with Gasteiger partial charge in [-0.25, -0.2) is 0 Å². The predicted octanol–water partition coefficient (Wildman–Crippen LogP) is 0.860. The number of nitrogens with one attached hydrogen (secondary N) is 1. The van der Waals surface area contributed by atoms with Crippen LogP contribution in [0.2, 0.25) is 0 Å². The van der Waals surface area contributed by atoms with Gasteiger partial charge >= 0.3 is 0 Å². The second-order valence-corrected chi connectivity index (χ2v) is 4.38. The molecule has 3 N–H and O–H groups in total. The van der Waals surface area contributed by atoms with Crippen molar-refractivity contribution in [3.8, 4) is 0 Å². The van der Waals surface area contributed by atoms with Crippen LogP contribution in [0.25, 0.3) is 0 Å². The van der Waals surface area contributed by atoms with Gasteiger partial charge in [-0.2, -0.15) is 15.1 Å². The van der Waals surface area contributed by atoms with E-state index in [1.165, 1.54) is 0 Å². The number of rotatable bonds is 5. The Labute approximate surface area is 112 Å². The number of nitrogens with two attached hydrogens (primary N) is 1. The van der Waals surface area contributed by atoms with Gasteiger partial charge in [0.1, 0.15) is 11.6 Å². The summed E-state index contributed by atoms with van der Waals surface area (Å²) in [4.78, 5) is 10.4. The van der Waals surface area contributed by atoms with Crippen LogP contribution in [0.1, 0.15) is 12.5 Å². The summed E-state index contributed by atoms with van der Waals surface area (Å²) in [6, 6.07) is 1.89. The maximum absolute atomic E-state index is 5.72. The van der Waals surface area contributed by atoms with E-state index in [0.717, 1.165) is 30.3 Å². The van der Waals surface area contributed by atoms with Gasteiger partial charge in [0.2, 0.25) is 5.95 Å². The monoisotopic (exact) mass is 261 g/mol. The molecule has 0 aliphatic carbocycles. The van der Waals surface area contributed by atoms with Gasteiger partial charge in [-0.3, -0.25) is 4.68 Å². The lowest BCUT2D eigenvalue weighted by molar-refractivity contribution is 0.766. The highest BCUT2D eigenvalue weighted by Crippen LogP contribution is 2.17. The summed E-state index contributed by atoms with van der Waals surface area (Å²) in [5, 5.41) is 7.29. The molecule has 0 aromatic carbocycles. The first-order chi connectivity index (χ1) is 9.08. The highest BCUT2D eigenvalue weighted by Gasteiger charge is 2.08. The Kier molecular flexibility index (Phi) is 3.84. The number of anilines is 3. The standard InChI is InChI=1S/C12H19N7/c1-4-14-10-5-11(17-12(13)16-10)18(2)7-9-6-15-19(3)8-9/h5-6,8H,4,7H2,1-3H3,(H3,13,14,16,17). The average Bonchev–Trinajstić information content (AvgIpc) is 2.74. The van der Waals surface area contributed by atoms with Crippen LogP contribution in [0.4, 0.5) is 17.6 Å². The Morgan fingerprint density at radius 1 is 1.42 bits per heavy atom. The molecule has 102 valence electrons. The Bertz CT molecular complexity index is 549. The van der Waals surface area contributed by atoms with Gasteiger partial charge in [0.15, 0.2) is 0 Å². The van der Waals surface area contributed by atoms with E-state index in [-0.39, 0.29) is 5.95 Å². The molecule has 0 aliphatic heterocycles. The maximum Gasteiger partial charge on any atom is 0.223 e. The highest BCUT2D eigenvalue weighted by molar-refractivity contribution is 5.52. The Hall–Kier alpha value is -2.31. The second-order valence-electron chi connectivity index (χ2n) is 4.38. The fourth-order valence-corrected chi connectivity index (χ4v) is 1.83. The molecule has 0 radical (unpaired) electrons.